The third-order valence-corrected chi connectivity index (χ3v) is 5.27. The zero-order valence-corrected chi connectivity index (χ0v) is 15.7. The fraction of sp³-hybridized carbons (Fsp3) is 0.550. The third kappa shape index (κ3) is 4.29. The van der Waals surface area contributed by atoms with Crippen molar-refractivity contribution in [3.63, 3.8) is 0 Å². The van der Waals surface area contributed by atoms with Crippen molar-refractivity contribution in [2.75, 3.05) is 39.3 Å². The Morgan fingerprint density at radius 3 is 2.60 bits per heavy atom. The van der Waals surface area contributed by atoms with E-state index in [1.54, 1.807) is 0 Å². The van der Waals surface area contributed by atoms with E-state index in [0.29, 0.717) is 12.0 Å². The lowest BCUT2D eigenvalue weighted by Gasteiger charge is -2.37. The average Bonchev–Trinajstić information content (AvgIpc) is 3.12. The molecule has 1 aliphatic rings. The summed E-state index contributed by atoms with van der Waals surface area (Å²) >= 11 is 0. The van der Waals surface area contributed by atoms with E-state index in [1.165, 1.54) is 11.3 Å². The summed E-state index contributed by atoms with van der Waals surface area (Å²) in [4.78, 5) is 13.1. The second-order valence-electron chi connectivity index (χ2n) is 7.31. The summed E-state index contributed by atoms with van der Waals surface area (Å²) in [5, 5.41) is 0. The van der Waals surface area contributed by atoms with Gasteiger partial charge in [-0.2, -0.15) is 0 Å². The van der Waals surface area contributed by atoms with E-state index in [0.717, 1.165) is 50.7 Å². The number of imidazole rings is 1. The molecule has 1 aromatic heterocycles. The van der Waals surface area contributed by atoms with E-state index in [4.69, 9.17) is 5.73 Å². The highest BCUT2D eigenvalue weighted by molar-refractivity contribution is 5.56. The van der Waals surface area contributed by atoms with Gasteiger partial charge < -0.3 is 10.7 Å². The van der Waals surface area contributed by atoms with E-state index in [2.05, 4.69) is 64.8 Å². The molecule has 25 heavy (non-hydrogen) atoms. The SMILES string of the molecule is CC(C)c1cccc(-c2ncc([C@@H](C)N3CCN(CCN)CC3)[nH]2)c1. The lowest BCUT2D eigenvalue weighted by molar-refractivity contribution is 0.103. The number of aromatic nitrogens is 2. The molecule has 0 saturated carbocycles. The van der Waals surface area contributed by atoms with E-state index in [-0.39, 0.29) is 0 Å². The van der Waals surface area contributed by atoms with Gasteiger partial charge in [-0.25, -0.2) is 4.98 Å². The minimum Gasteiger partial charge on any atom is -0.341 e. The van der Waals surface area contributed by atoms with E-state index in [9.17, 15) is 0 Å². The van der Waals surface area contributed by atoms with Gasteiger partial charge in [-0.15, -0.1) is 0 Å². The maximum absolute atomic E-state index is 5.66. The van der Waals surface area contributed by atoms with Gasteiger partial charge in [-0.3, -0.25) is 9.80 Å². The maximum Gasteiger partial charge on any atom is 0.137 e. The Morgan fingerprint density at radius 1 is 1.16 bits per heavy atom. The quantitative estimate of drug-likeness (QED) is 0.848. The summed E-state index contributed by atoms with van der Waals surface area (Å²) < 4.78 is 0. The Bertz CT molecular complexity index is 670. The number of rotatable bonds is 6. The van der Waals surface area contributed by atoms with Crippen molar-refractivity contribution < 1.29 is 0 Å². The van der Waals surface area contributed by atoms with Gasteiger partial charge in [-0.05, 0) is 24.5 Å². The van der Waals surface area contributed by atoms with Crippen LogP contribution in [-0.4, -0.2) is 59.0 Å². The van der Waals surface area contributed by atoms with Gasteiger partial charge in [0.1, 0.15) is 5.82 Å². The van der Waals surface area contributed by atoms with Crippen LogP contribution in [0.5, 0.6) is 0 Å². The number of hydrogen-bond acceptors (Lipinski definition) is 4. The van der Waals surface area contributed by atoms with Crippen LogP contribution in [0.3, 0.4) is 0 Å². The first-order valence-corrected chi connectivity index (χ1v) is 9.40. The lowest BCUT2D eigenvalue weighted by atomic mass is 10.0. The number of H-pyrrole nitrogens is 1. The smallest absolute Gasteiger partial charge is 0.137 e. The van der Waals surface area contributed by atoms with Crippen molar-refractivity contribution in [1.82, 2.24) is 19.8 Å². The van der Waals surface area contributed by atoms with Crippen molar-refractivity contribution >= 4 is 0 Å². The van der Waals surface area contributed by atoms with Gasteiger partial charge in [0.05, 0.1) is 11.9 Å². The zero-order chi connectivity index (χ0) is 17.8. The van der Waals surface area contributed by atoms with Crippen molar-refractivity contribution in [1.29, 1.82) is 0 Å². The molecule has 0 unspecified atom stereocenters. The fourth-order valence-corrected chi connectivity index (χ4v) is 3.49. The Morgan fingerprint density at radius 2 is 1.92 bits per heavy atom. The minimum atomic E-state index is 0.356. The Kier molecular flexibility index (Phi) is 5.89. The Hall–Kier alpha value is -1.69. The van der Waals surface area contributed by atoms with Gasteiger partial charge in [-0.1, -0.05) is 32.0 Å². The molecular weight excluding hydrogens is 310 g/mol. The summed E-state index contributed by atoms with van der Waals surface area (Å²) in [7, 11) is 0. The number of nitrogens with one attached hydrogen (secondary N) is 1. The molecule has 1 atom stereocenters. The molecule has 1 aliphatic heterocycles. The van der Waals surface area contributed by atoms with Gasteiger partial charge in [0.2, 0.25) is 0 Å². The van der Waals surface area contributed by atoms with Crippen molar-refractivity contribution in [2.45, 2.75) is 32.7 Å². The number of benzene rings is 1. The topological polar surface area (TPSA) is 61.2 Å². The molecular formula is C20H31N5. The van der Waals surface area contributed by atoms with Crippen molar-refractivity contribution in [2.24, 2.45) is 5.73 Å². The normalized spacial score (nSPS) is 18.0. The van der Waals surface area contributed by atoms with Crippen LogP contribution in [-0.2, 0) is 0 Å². The van der Waals surface area contributed by atoms with Crippen LogP contribution >= 0.6 is 0 Å². The molecule has 1 saturated heterocycles. The second kappa shape index (κ2) is 8.13. The second-order valence-corrected chi connectivity index (χ2v) is 7.31. The molecule has 5 heteroatoms. The van der Waals surface area contributed by atoms with E-state index < -0.39 is 0 Å². The summed E-state index contributed by atoms with van der Waals surface area (Å²) in [6, 6.07) is 9.03. The number of hydrogen-bond donors (Lipinski definition) is 2. The molecule has 2 heterocycles. The zero-order valence-electron chi connectivity index (χ0n) is 15.7. The lowest BCUT2D eigenvalue weighted by Crippen LogP contribution is -2.48. The molecule has 3 rings (SSSR count). The van der Waals surface area contributed by atoms with Gasteiger partial charge in [0, 0.05) is 50.9 Å². The largest absolute Gasteiger partial charge is 0.341 e. The number of nitrogens with two attached hydrogens (primary N) is 1. The predicted octanol–water partition coefficient (Wildman–Crippen LogP) is 2.84. The highest BCUT2D eigenvalue weighted by Gasteiger charge is 2.23. The molecule has 2 aromatic rings. The molecule has 0 bridgehead atoms. The molecule has 5 nitrogen and oxygen atoms in total. The molecule has 0 amide bonds. The summed E-state index contributed by atoms with van der Waals surface area (Å²) in [6.45, 7) is 12.8. The Labute approximate surface area is 151 Å². The maximum atomic E-state index is 5.66. The van der Waals surface area contributed by atoms with Crippen LogP contribution in [0.15, 0.2) is 30.5 Å². The average molecular weight is 342 g/mol. The first kappa shape index (κ1) is 18.1. The first-order chi connectivity index (χ1) is 12.1. The van der Waals surface area contributed by atoms with Crippen LogP contribution < -0.4 is 5.73 Å². The van der Waals surface area contributed by atoms with E-state index >= 15 is 0 Å². The third-order valence-electron chi connectivity index (χ3n) is 5.27. The van der Waals surface area contributed by atoms with E-state index in [1.807, 2.05) is 6.20 Å². The van der Waals surface area contributed by atoms with Gasteiger partial charge >= 0.3 is 0 Å². The molecule has 3 N–H and O–H groups in total. The molecule has 0 aliphatic carbocycles. The highest BCUT2D eigenvalue weighted by atomic mass is 15.3. The van der Waals surface area contributed by atoms with Crippen LogP contribution in [0.25, 0.3) is 11.4 Å². The Balaban J connectivity index is 1.68. The van der Waals surface area contributed by atoms with Gasteiger partial charge in [0.25, 0.3) is 0 Å². The number of aromatic amines is 1. The van der Waals surface area contributed by atoms with Gasteiger partial charge in [0.15, 0.2) is 0 Å². The molecule has 0 radical (unpaired) electrons. The van der Waals surface area contributed by atoms with Crippen LogP contribution in [0.4, 0.5) is 0 Å². The molecule has 0 spiro atoms. The molecule has 1 aromatic carbocycles. The molecule has 1 fully saturated rings. The monoisotopic (exact) mass is 341 g/mol. The predicted molar refractivity (Wildman–Crippen MR) is 104 cm³/mol. The fourth-order valence-electron chi connectivity index (χ4n) is 3.49. The number of piperazine rings is 1. The first-order valence-electron chi connectivity index (χ1n) is 9.40. The van der Waals surface area contributed by atoms with Crippen LogP contribution in [0.1, 0.15) is 44.0 Å². The van der Waals surface area contributed by atoms with Crippen molar-refractivity contribution in [3.8, 4) is 11.4 Å². The summed E-state index contributed by atoms with van der Waals surface area (Å²) in [5.74, 6) is 1.49. The minimum absolute atomic E-state index is 0.356. The standard InChI is InChI=1S/C20H31N5/c1-15(2)17-5-4-6-18(13-17)20-22-14-19(23-20)16(3)25-11-9-24(8-7-21)10-12-25/h4-6,13-16H,7-12,21H2,1-3H3,(H,22,23)/t16-/m1/s1. The molecule has 136 valence electrons. The summed E-state index contributed by atoms with van der Waals surface area (Å²) in [6.07, 6.45) is 1.99. The van der Waals surface area contributed by atoms with Crippen molar-refractivity contribution in [3.05, 3.63) is 41.7 Å². The van der Waals surface area contributed by atoms with Crippen LogP contribution in [0, 0.1) is 0 Å². The van der Waals surface area contributed by atoms with Crippen LogP contribution in [0.2, 0.25) is 0 Å². The highest BCUT2D eigenvalue weighted by Crippen LogP contribution is 2.25. The number of nitrogens with zero attached hydrogens (tertiary/aromatic N) is 3. The summed E-state index contributed by atoms with van der Waals surface area (Å²) in [5.41, 5.74) is 9.37.